The smallest absolute Gasteiger partial charge is 0.129 e. The van der Waals surface area contributed by atoms with Crippen molar-refractivity contribution in [2.45, 2.75) is 45.1 Å². The molecule has 3 heteroatoms. The third-order valence-electron chi connectivity index (χ3n) is 4.65. The zero-order valence-electron chi connectivity index (χ0n) is 13.0. The molecule has 112 valence electrons. The first-order chi connectivity index (χ1) is 10.1. The Hall–Kier alpha value is -1.87. The maximum Gasteiger partial charge on any atom is 0.129 e. The predicted molar refractivity (Wildman–Crippen MR) is 87.0 cm³/mol. The van der Waals surface area contributed by atoms with Gasteiger partial charge in [0.15, 0.2) is 0 Å². The molecule has 1 aromatic carbocycles. The molecule has 0 aliphatic rings. The van der Waals surface area contributed by atoms with Crippen LogP contribution in [0.5, 0.6) is 0 Å². The monoisotopic (exact) mass is 284 g/mol. The maximum atomic E-state index is 11.1. The summed E-state index contributed by atoms with van der Waals surface area (Å²) in [5.74, 6) is 0.421. The fraction of sp³-hybridized carbons (Fsp3) is 0.389. The average molecular weight is 284 g/mol. The fourth-order valence-corrected chi connectivity index (χ4v) is 3.20. The predicted octanol–water partition coefficient (Wildman–Crippen LogP) is 3.76. The zero-order valence-corrected chi connectivity index (χ0v) is 13.0. The van der Waals surface area contributed by atoms with Crippen molar-refractivity contribution in [3.63, 3.8) is 0 Å². The van der Waals surface area contributed by atoms with Gasteiger partial charge in [-0.1, -0.05) is 44.2 Å². The lowest BCUT2D eigenvalue weighted by molar-refractivity contribution is 0.0726. The van der Waals surface area contributed by atoms with Crippen molar-refractivity contribution in [1.82, 2.24) is 4.98 Å². The summed E-state index contributed by atoms with van der Waals surface area (Å²) in [5.41, 5.74) is 8.57. The van der Waals surface area contributed by atoms with E-state index in [1.165, 1.54) is 0 Å². The van der Waals surface area contributed by atoms with Crippen LogP contribution in [-0.2, 0) is 5.41 Å². The van der Waals surface area contributed by atoms with Gasteiger partial charge in [-0.3, -0.25) is 0 Å². The van der Waals surface area contributed by atoms with Gasteiger partial charge in [0.05, 0.1) is 6.10 Å². The van der Waals surface area contributed by atoms with Gasteiger partial charge >= 0.3 is 0 Å². The zero-order chi connectivity index (χ0) is 15.5. The normalized spacial score (nSPS) is 13.1. The van der Waals surface area contributed by atoms with E-state index in [1.807, 2.05) is 31.2 Å². The van der Waals surface area contributed by atoms with Crippen LogP contribution in [0.1, 0.15) is 49.5 Å². The SMILES string of the molecule is CCC(CC)(c1ccccc1)C(O)c1c(C)ccnc1N. The van der Waals surface area contributed by atoms with E-state index < -0.39 is 6.10 Å². The second kappa shape index (κ2) is 6.27. The Balaban J connectivity index is 2.58. The summed E-state index contributed by atoms with van der Waals surface area (Å²) in [5, 5.41) is 11.1. The Morgan fingerprint density at radius 3 is 2.29 bits per heavy atom. The Morgan fingerprint density at radius 1 is 1.14 bits per heavy atom. The van der Waals surface area contributed by atoms with Crippen LogP contribution in [0.3, 0.4) is 0 Å². The van der Waals surface area contributed by atoms with Gasteiger partial charge in [0, 0.05) is 17.2 Å². The average Bonchev–Trinajstić information content (AvgIpc) is 2.50. The number of nitrogen functional groups attached to an aromatic ring is 1. The molecule has 1 atom stereocenters. The van der Waals surface area contributed by atoms with E-state index in [0.29, 0.717) is 5.82 Å². The molecule has 1 heterocycles. The molecule has 0 saturated heterocycles. The summed E-state index contributed by atoms with van der Waals surface area (Å²) in [6.07, 6.45) is 2.69. The van der Waals surface area contributed by atoms with E-state index in [1.54, 1.807) is 6.20 Å². The number of anilines is 1. The van der Waals surface area contributed by atoms with Crippen LogP contribution < -0.4 is 5.73 Å². The number of aliphatic hydroxyl groups is 1. The molecule has 0 bridgehead atoms. The van der Waals surface area contributed by atoms with Crippen LogP contribution >= 0.6 is 0 Å². The number of nitrogens with zero attached hydrogens (tertiary/aromatic N) is 1. The minimum atomic E-state index is -0.663. The quantitative estimate of drug-likeness (QED) is 0.878. The topological polar surface area (TPSA) is 59.1 Å². The first kappa shape index (κ1) is 15.5. The minimum absolute atomic E-state index is 0.344. The molecule has 2 aromatic rings. The molecule has 1 unspecified atom stereocenters. The van der Waals surface area contributed by atoms with Gasteiger partial charge < -0.3 is 10.8 Å². The summed E-state index contributed by atoms with van der Waals surface area (Å²) in [7, 11) is 0. The molecule has 0 fully saturated rings. The lowest BCUT2D eigenvalue weighted by atomic mass is 9.69. The highest BCUT2D eigenvalue weighted by atomic mass is 16.3. The van der Waals surface area contributed by atoms with Crippen molar-refractivity contribution >= 4 is 5.82 Å². The van der Waals surface area contributed by atoms with Crippen LogP contribution in [-0.4, -0.2) is 10.1 Å². The van der Waals surface area contributed by atoms with E-state index in [9.17, 15) is 5.11 Å². The van der Waals surface area contributed by atoms with Gasteiger partial charge in [-0.05, 0) is 37.0 Å². The first-order valence-corrected chi connectivity index (χ1v) is 7.51. The molecule has 1 aromatic heterocycles. The van der Waals surface area contributed by atoms with E-state index in [2.05, 4.69) is 31.0 Å². The van der Waals surface area contributed by atoms with Gasteiger partial charge in [0.2, 0.25) is 0 Å². The number of hydrogen-bond acceptors (Lipinski definition) is 3. The van der Waals surface area contributed by atoms with Crippen molar-refractivity contribution < 1.29 is 5.11 Å². The lowest BCUT2D eigenvalue weighted by Gasteiger charge is -2.38. The molecule has 0 radical (unpaired) electrons. The van der Waals surface area contributed by atoms with E-state index in [4.69, 9.17) is 5.73 Å². The molecule has 0 aliphatic carbocycles. The van der Waals surface area contributed by atoms with Crippen molar-refractivity contribution in [2.75, 3.05) is 5.73 Å². The number of pyridine rings is 1. The third kappa shape index (κ3) is 2.66. The van der Waals surface area contributed by atoms with Crippen molar-refractivity contribution in [1.29, 1.82) is 0 Å². The molecular formula is C18H24N2O. The van der Waals surface area contributed by atoms with Crippen LogP contribution in [0.25, 0.3) is 0 Å². The number of benzene rings is 1. The highest BCUT2D eigenvalue weighted by molar-refractivity contribution is 5.48. The van der Waals surface area contributed by atoms with Gasteiger partial charge in [0.25, 0.3) is 0 Å². The summed E-state index contributed by atoms with van der Waals surface area (Å²) >= 11 is 0. The van der Waals surface area contributed by atoms with Crippen LogP contribution in [0, 0.1) is 6.92 Å². The summed E-state index contributed by atoms with van der Waals surface area (Å²) in [6.45, 7) is 6.20. The Kier molecular flexibility index (Phi) is 4.63. The number of aliphatic hydroxyl groups excluding tert-OH is 1. The Morgan fingerprint density at radius 2 is 1.76 bits per heavy atom. The lowest BCUT2D eigenvalue weighted by Crippen LogP contribution is -2.33. The molecule has 3 nitrogen and oxygen atoms in total. The summed E-state index contributed by atoms with van der Waals surface area (Å²) < 4.78 is 0. The van der Waals surface area contributed by atoms with Gasteiger partial charge in [0.1, 0.15) is 5.82 Å². The fourth-order valence-electron chi connectivity index (χ4n) is 3.20. The van der Waals surface area contributed by atoms with E-state index in [-0.39, 0.29) is 5.41 Å². The summed E-state index contributed by atoms with van der Waals surface area (Å²) in [6, 6.07) is 12.1. The first-order valence-electron chi connectivity index (χ1n) is 7.51. The number of nitrogens with two attached hydrogens (primary N) is 1. The van der Waals surface area contributed by atoms with E-state index >= 15 is 0 Å². The van der Waals surface area contributed by atoms with Crippen LogP contribution in [0.4, 0.5) is 5.82 Å². The van der Waals surface area contributed by atoms with Gasteiger partial charge in [-0.25, -0.2) is 4.98 Å². The molecule has 0 saturated carbocycles. The summed E-state index contributed by atoms with van der Waals surface area (Å²) in [4.78, 5) is 4.15. The van der Waals surface area contributed by atoms with Crippen molar-refractivity contribution in [3.05, 3.63) is 59.3 Å². The molecule has 21 heavy (non-hydrogen) atoms. The highest BCUT2D eigenvalue weighted by Crippen LogP contribution is 2.44. The van der Waals surface area contributed by atoms with Crippen LogP contribution in [0.2, 0.25) is 0 Å². The molecular weight excluding hydrogens is 260 g/mol. The molecule has 2 rings (SSSR count). The van der Waals surface area contributed by atoms with Gasteiger partial charge in [-0.2, -0.15) is 0 Å². The number of aryl methyl sites for hydroxylation is 1. The number of aromatic nitrogens is 1. The van der Waals surface area contributed by atoms with E-state index in [0.717, 1.165) is 29.5 Å². The number of rotatable bonds is 5. The molecule has 0 spiro atoms. The second-order valence-electron chi connectivity index (χ2n) is 5.56. The molecule has 0 aliphatic heterocycles. The Bertz CT molecular complexity index is 571. The van der Waals surface area contributed by atoms with Crippen LogP contribution in [0.15, 0.2) is 42.6 Å². The highest BCUT2D eigenvalue weighted by Gasteiger charge is 2.39. The minimum Gasteiger partial charge on any atom is -0.387 e. The molecule has 3 N–H and O–H groups in total. The number of hydrogen-bond donors (Lipinski definition) is 2. The van der Waals surface area contributed by atoms with Crippen molar-refractivity contribution in [2.24, 2.45) is 0 Å². The molecule has 0 amide bonds. The Labute approximate surface area is 126 Å². The maximum absolute atomic E-state index is 11.1. The standard InChI is InChI=1S/C18H24N2O/c1-4-18(5-2,14-9-7-6-8-10-14)16(21)15-13(3)11-12-20-17(15)19/h6-12,16,21H,4-5H2,1-3H3,(H2,19,20). The third-order valence-corrected chi connectivity index (χ3v) is 4.65. The van der Waals surface area contributed by atoms with Gasteiger partial charge in [-0.15, -0.1) is 0 Å². The second-order valence-corrected chi connectivity index (χ2v) is 5.56. The van der Waals surface area contributed by atoms with Crippen molar-refractivity contribution in [3.8, 4) is 0 Å². The largest absolute Gasteiger partial charge is 0.387 e.